The summed E-state index contributed by atoms with van der Waals surface area (Å²) in [6.07, 6.45) is 4.81. The van der Waals surface area contributed by atoms with Gasteiger partial charge < -0.3 is 44.6 Å². The molecule has 2 fully saturated rings. The maximum Gasteiger partial charge on any atom is 0.407 e. The number of alkyl carbamates (subject to hydrolysis) is 2. The largest absolute Gasteiger partial charge is 0.453 e. The second-order valence-electron chi connectivity index (χ2n) is 14.3. The number of fused-ring (bicyclic) bond motifs is 1. The summed E-state index contributed by atoms with van der Waals surface area (Å²) >= 11 is 0. The highest BCUT2D eigenvalue weighted by molar-refractivity contribution is 5.88. The number of aromatic nitrogens is 5. The van der Waals surface area contributed by atoms with Gasteiger partial charge in [0.2, 0.25) is 11.8 Å². The summed E-state index contributed by atoms with van der Waals surface area (Å²) in [6.45, 7) is 4.50. The summed E-state index contributed by atoms with van der Waals surface area (Å²) in [5, 5.41) is 6.14. The zero-order chi connectivity index (χ0) is 40.2. The molecule has 0 radical (unpaired) electrons. The molecule has 7 rings (SSSR count). The minimum Gasteiger partial charge on any atom is -0.453 e. The van der Waals surface area contributed by atoms with Crippen LogP contribution in [0, 0.1) is 0 Å². The van der Waals surface area contributed by atoms with Crippen LogP contribution in [0.3, 0.4) is 0 Å². The molecule has 2 aromatic carbocycles. The number of ether oxygens (including phenoxy) is 3. The Balaban J connectivity index is 1.02. The van der Waals surface area contributed by atoms with Crippen molar-refractivity contribution in [3.63, 3.8) is 0 Å². The van der Waals surface area contributed by atoms with Gasteiger partial charge in [-0.25, -0.2) is 24.5 Å². The SMILES string of the molecule is COC(=O)N[C@H](C(=O)N1CCC[C@H]1c1ncc(-c2ccc3nc(-c4ccc(-c5cnc([C@@H]6CCCN6C(=O)[C@@H](C)NC(=O)OC)[nH]5)cc4)ccc3c2)[nH]1)[C@@H](C)OC. The smallest absolute Gasteiger partial charge is 0.407 e. The number of nitrogens with one attached hydrogen (secondary N) is 4. The molecule has 2 saturated heterocycles. The molecular weight excluding hydrogens is 731 g/mol. The van der Waals surface area contributed by atoms with Crippen LogP contribution in [0.2, 0.25) is 0 Å². The predicted octanol–water partition coefficient (Wildman–Crippen LogP) is 5.51. The van der Waals surface area contributed by atoms with Crippen LogP contribution in [0.15, 0.2) is 67.0 Å². The van der Waals surface area contributed by atoms with Crippen LogP contribution in [0.5, 0.6) is 0 Å². The van der Waals surface area contributed by atoms with Gasteiger partial charge in [0.05, 0.1) is 67.4 Å². The quantitative estimate of drug-likeness (QED) is 0.133. The number of imidazole rings is 2. The molecule has 0 saturated carbocycles. The number of likely N-dealkylation sites (tertiary alicyclic amines) is 2. The average molecular weight is 778 g/mol. The zero-order valence-electron chi connectivity index (χ0n) is 32.6. The number of methoxy groups -OCH3 is 3. The van der Waals surface area contributed by atoms with E-state index in [1.807, 2.05) is 48.5 Å². The fraction of sp³-hybridized carbons (Fsp3) is 0.390. The number of benzene rings is 2. The number of pyridine rings is 1. The first-order chi connectivity index (χ1) is 27.6. The summed E-state index contributed by atoms with van der Waals surface area (Å²) in [4.78, 5) is 75.0. The van der Waals surface area contributed by atoms with Crippen LogP contribution in [0.25, 0.3) is 44.7 Å². The highest BCUT2D eigenvalue weighted by atomic mass is 16.5. The molecule has 16 nitrogen and oxygen atoms in total. The lowest BCUT2D eigenvalue weighted by atomic mass is 10.0. The highest BCUT2D eigenvalue weighted by Crippen LogP contribution is 2.35. The van der Waals surface area contributed by atoms with Crippen molar-refractivity contribution < 1.29 is 33.4 Å². The van der Waals surface area contributed by atoms with E-state index in [0.717, 1.165) is 70.4 Å². The van der Waals surface area contributed by atoms with Crippen LogP contribution >= 0.6 is 0 Å². The first kappa shape index (κ1) is 39.0. The Morgan fingerprint density at radius 2 is 1.28 bits per heavy atom. The molecule has 0 aliphatic carbocycles. The molecule has 5 atom stereocenters. The third-order valence-electron chi connectivity index (χ3n) is 10.8. The van der Waals surface area contributed by atoms with Gasteiger partial charge in [-0.2, -0.15) is 0 Å². The summed E-state index contributed by atoms with van der Waals surface area (Å²) in [5.41, 5.74) is 6.18. The molecular formula is C41H47N9O7. The van der Waals surface area contributed by atoms with Gasteiger partial charge in [-0.05, 0) is 63.3 Å². The van der Waals surface area contributed by atoms with E-state index >= 15 is 0 Å². The molecule has 2 aliphatic rings. The summed E-state index contributed by atoms with van der Waals surface area (Å²) in [5.74, 6) is 0.951. The van der Waals surface area contributed by atoms with E-state index in [4.69, 9.17) is 14.5 Å². The Morgan fingerprint density at radius 3 is 1.89 bits per heavy atom. The van der Waals surface area contributed by atoms with E-state index < -0.39 is 30.4 Å². The van der Waals surface area contributed by atoms with Crippen molar-refractivity contribution in [2.45, 2.75) is 69.8 Å². The van der Waals surface area contributed by atoms with Gasteiger partial charge in [-0.1, -0.05) is 36.4 Å². The molecule has 4 amide bonds. The first-order valence-corrected chi connectivity index (χ1v) is 19.0. The van der Waals surface area contributed by atoms with Crippen LogP contribution in [0.1, 0.15) is 63.3 Å². The standard InChI is InChI=1S/C41H47N9O7/c1-23(44-40(53)56-4)38(51)49-18-6-8-33(49)36-42-21-31(46-36)26-12-10-25(11-13-26)29-16-14-27-20-28(15-17-30(27)45-29)32-22-43-37(47-32)34-9-7-19-50(34)39(52)35(24(2)55-3)48-41(54)57-5/h10-17,20-24,33-35H,6-9,18-19H2,1-5H3,(H,42,46)(H,43,47)(H,44,53)(H,48,54)/t23-,24-,33+,34+,35+/m1/s1. The van der Waals surface area contributed by atoms with Crippen molar-refractivity contribution in [2.24, 2.45) is 0 Å². The molecule has 298 valence electrons. The molecule has 0 spiro atoms. The van der Waals surface area contributed by atoms with Gasteiger partial charge in [0.15, 0.2) is 0 Å². The third kappa shape index (κ3) is 8.17. The predicted molar refractivity (Wildman–Crippen MR) is 211 cm³/mol. The van der Waals surface area contributed by atoms with Crippen molar-refractivity contribution in [1.82, 2.24) is 45.4 Å². The number of carbonyl (C=O) groups excluding carboxylic acids is 4. The topological polar surface area (TPSA) is 197 Å². The number of amides is 4. The van der Waals surface area contributed by atoms with Gasteiger partial charge in [0.25, 0.3) is 0 Å². The average Bonchev–Trinajstić information content (AvgIpc) is 4.08. The van der Waals surface area contributed by atoms with E-state index in [0.29, 0.717) is 24.7 Å². The number of nitrogens with zero attached hydrogens (tertiary/aromatic N) is 5. The summed E-state index contributed by atoms with van der Waals surface area (Å²) in [6, 6.07) is 16.1. The van der Waals surface area contributed by atoms with E-state index in [1.165, 1.54) is 21.3 Å². The van der Waals surface area contributed by atoms with Gasteiger partial charge in [0, 0.05) is 36.7 Å². The lowest BCUT2D eigenvalue weighted by Gasteiger charge is -2.30. The molecule has 3 aromatic heterocycles. The third-order valence-corrected chi connectivity index (χ3v) is 10.8. The molecule has 4 N–H and O–H groups in total. The molecule has 0 unspecified atom stereocenters. The van der Waals surface area contributed by atoms with E-state index in [9.17, 15) is 19.2 Å². The second kappa shape index (κ2) is 16.8. The van der Waals surface area contributed by atoms with Crippen LogP contribution in [-0.4, -0.2) is 111 Å². The zero-order valence-corrected chi connectivity index (χ0v) is 32.6. The molecule has 2 aliphatic heterocycles. The van der Waals surface area contributed by atoms with Crippen molar-refractivity contribution in [2.75, 3.05) is 34.4 Å². The minimum atomic E-state index is -0.902. The number of hydrogen-bond acceptors (Lipinski definition) is 10. The normalized spacial score (nSPS) is 18.3. The molecule has 16 heteroatoms. The van der Waals surface area contributed by atoms with Gasteiger partial charge in [0.1, 0.15) is 23.7 Å². The Hall–Kier alpha value is -6.29. The monoisotopic (exact) mass is 777 g/mol. The van der Waals surface area contributed by atoms with Crippen LogP contribution < -0.4 is 10.6 Å². The van der Waals surface area contributed by atoms with Gasteiger partial charge in [-0.3, -0.25) is 9.59 Å². The number of H-pyrrole nitrogens is 2. The van der Waals surface area contributed by atoms with Crippen molar-refractivity contribution in [1.29, 1.82) is 0 Å². The number of carbonyl (C=O) groups is 4. The number of hydrogen-bond donors (Lipinski definition) is 4. The summed E-state index contributed by atoms with van der Waals surface area (Å²) in [7, 11) is 4.02. The Kier molecular flexibility index (Phi) is 11.5. The Bertz CT molecular complexity index is 2250. The maximum atomic E-state index is 13.6. The molecule has 57 heavy (non-hydrogen) atoms. The maximum absolute atomic E-state index is 13.6. The fourth-order valence-corrected chi connectivity index (χ4v) is 7.64. The second-order valence-corrected chi connectivity index (χ2v) is 14.3. The lowest BCUT2D eigenvalue weighted by molar-refractivity contribution is -0.137. The number of aromatic amines is 2. The minimum absolute atomic E-state index is 0.180. The Labute approximate surface area is 329 Å². The summed E-state index contributed by atoms with van der Waals surface area (Å²) < 4.78 is 14.8. The van der Waals surface area contributed by atoms with E-state index in [-0.39, 0.29) is 23.9 Å². The highest BCUT2D eigenvalue weighted by Gasteiger charge is 2.39. The van der Waals surface area contributed by atoms with Crippen LogP contribution in [-0.2, 0) is 23.8 Å². The first-order valence-electron chi connectivity index (χ1n) is 19.0. The van der Waals surface area contributed by atoms with Crippen molar-refractivity contribution in [3.8, 4) is 33.8 Å². The van der Waals surface area contributed by atoms with Gasteiger partial charge >= 0.3 is 12.2 Å². The Morgan fingerprint density at radius 1 is 0.719 bits per heavy atom. The van der Waals surface area contributed by atoms with Crippen molar-refractivity contribution >= 4 is 34.9 Å². The van der Waals surface area contributed by atoms with Gasteiger partial charge in [-0.15, -0.1) is 0 Å². The lowest BCUT2D eigenvalue weighted by Crippen LogP contribution is -2.54. The molecule has 0 bridgehead atoms. The fourth-order valence-electron chi connectivity index (χ4n) is 7.64. The van der Waals surface area contributed by atoms with E-state index in [2.05, 4.69) is 41.4 Å². The molecule has 5 aromatic rings. The molecule has 5 heterocycles. The van der Waals surface area contributed by atoms with Crippen molar-refractivity contribution in [3.05, 3.63) is 78.6 Å². The number of rotatable bonds is 11. The van der Waals surface area contributed by atoms with E-state index in [1.54, 1.807) is 36.0 Å². The van der Waals surface area contributed by atoms with Crippen LogP contribution in [0.4, 0.5) is 9.59 Å².